The molecule has 4 bridgehead atoms. The van der Waals surface area contributed by atoms with Crippen LogP contribution in [0.5, 0.6) is 0 Å². The molecule has 6 nitrogen and oxygen atoms in total. The second kappa shape index (κ2) is 9.18. The molecule has 0 aliphatic heterocycles. The van der Waals surface area contributed by atoms with Crippen molar-refractivity contribution >= 4 is 11.6 Å². The third-order valence-corrected chi connectivity index (χ3v) is 9.42. The Morgan fingerprint density at radius 3 is 2.26 bits per heavy atom. The van der Waals surface area contributed by atoms with Gasteiger partial charge in [0.05, 0.1) is 40.6 Å². The van der Waals surface area contributed by atoms with Crippen molar-refractivity contribution in [2.45, 2.75) is 64.3 Å². The Hall–Kier alpha value is -3.74. The lowest BCUT2D eigenvalue weighted by Crippen LogP contribution is -2.49. The van der Waals surface area contributed by atoms with E-state index >= 15 is 0 Å². The number of benzene rings is 2. The van der Waals surface area contributed by atoms with Crippen LogP contribution in [0.4, 0.5) is 10.1 Å². The summed E-state index contributed by atoms with van der Waals surface area (Å²) in [5.41, 5.74) is 5.29. The average Bonchev–Trinajstić information content (AvgIpc) is 3.48. The van der Waals surface area contributed by atoms with Crippen molar-refractivity contribution in [3.8, 4) is 5.69 Å². The number of rotatable bonds is 6. The highest BCUT2D eigenvalue weighted by molar-refractivity contribution is 6.05. The average molecular weight is 524 g/mol. The second-order valence-electron chi connectivity index (χ2n) is 12.1. The number of anilines is 1. The molecule has 2 aromatic carbocycles. The highest BCUT2D eigenvalue weighted by Gasteiger charge is 2.54. The zero-order chi connectivity index (χ0) is 26.7. The summed E-state index contributed by atoms with van der Waals surface area (Å²) in [6.07, 6.45) is 9.30. The van der Waals surface area contributed by atoms with E-state index in [4.69, 9.17) is 5.10 Å². The monoisotopic (exact) mass is 523 g/mol. The van der Waals surface area contributed by atoms with Gasteiger partial charge in [-0.25, -0.2) is 9.07 Å². The van der Waals surface area contributed by atoms with E-state index < -0.39 is 0 Å². The molecule has 4 aliphatic carbocycles. The van der Waals surface area contributed by atoms with Gasteiger partial charge >= 0.3 is 0 Å². The zero-order valence-electron chi connectivity index (χ0n) is 22.5. The summed E-state index contributed by atoms with van der Waals surface area (Å²) >= 11 is 0. The van der Waals surface area contributed by atoms with Gasteiger partial charge in [0.25, 0.3) is 5.91 Å². The molecule has 4 fully saturated rings. The summed E-state index contributed by atoms with van der Waals surface area (Å²) in [6.45, 7) is 4.11. The number of hydrogen-bond donors (Lipinski definition) is 1. The van der Waals surface area contributed by atoms with Gasteiger partial charge in [-0.2, -0.15) is 10.2 Å². The van der Waals surface area contributed by atoms with Crippen molar-refractivity contribution in [1.29, 1.82) is 0 Å². The van der Waals surface area contributed by atoms with E-state index in [1.807, 2.05) is 61.1 Å². The van der Waals surface area contributed by atoms with E-state index in [0.29, 0.717) is 29.1 Å². The first-order chi connectivity index (χ1) is 18.9. The number of carbonyl (C=O) groups is 1. The van der Waals surface area contributed by atoms with Gasteiger partial charge in [0, 0.05) is 17.2 Å². The third kappa shape index (κ3) is 4.19. The van der Waals surface area contributed by atoms with E-state index in [2.05, 4.69) is 10.4 Å². The number of halogens is 1. The smallest absolute Gasteiger partial charge is 0.259 e. The van der Waals surface area contributed by atoms with E-state index in [-0.39, 0.29) is 17.1 Å². The summed E-state index contributed by atoms with van der Waals surface area (Å²) in [6, 6.07) is 16.8. The van der Waals surface area contributed by atoms with Crippen LogP contribution >= 0.6 is 0 Å². The van der Waals surface area contributed by atoms with Crippen LogP contribution in [0, 0.1) is 37.4 Å². The van der Waals surface area contributed by atoms with Crippen molar-refractivity contribution in [1.82, 2.24) is 19.6 Å². The second-order valence-corrected chi connectivity index (χ2v) is 12.1. The summed E-state index contributed by atoms with van der Waals surface area (Å²) < 4.78 is 18.0. The predicted octanol–water partition coefficient (Wildman–Crippen LogP) is 6.59. The Morgan fingerprint density at radius 2 is 1.59 bits per heavy atom. The van der Waals surface area contributed by atoms with Crippen molar-refractivity contribution in [3.05, 3.63) is 94.8 Å². The molecule has 39 heavy (non-hydrogen) atoms. The fraction of sp³-hybridized carbons (Fsp3) is 0.406. The Labute approximate surface area is 228 Å². The first kappa shape index (κ1) is 24.3. The highest BCUT2D eigenvalue weighted by Crippen LogP contribution is 2.61. The van der Waals surface area contributed by atoms with Crippen LogP contribution in [-0.4, -0.2) is 25.5 Å². The number of para-hydroxylation sites is 1. The maximum Gasteiger partial charge on any atom is 0.259 e. The zero-order valence-corrected chi connectivity index (χ0v) is 22.5. The molecule has 4 aromatic rings. The molecule has 0 spiro atoms. The number of carbonyl (C=O) groups excluding carboxylic acids is 1. The van der Waals surface area contributed by atoms with Gasteiger partial charge < -0.3 is 5.32 Å². The Morgan fingerprint density at radius 1 is 0.949 bits per heavy atom. The quantitative estimate of drug-likeness (QED) is 0.310. The molecule has 0 atom stereocenters. The standard InChI is InChI=1S/C32H34FN5O/c1-20-29(21(2)37(35-20)18-25-8-6-7-11-28(25)33)34-31(39)27-19-38(26-9-4-3-5-10-26)36-30(27)32-15-22-12-23(16-32)14-24(13-22)17-32/h3-11,19,22-24H,12-18H2,1-2H3,(H,34,39). The first-order valence-electron chi connectivity index (χ1n) is 14.1. The lowest BCUT2D eigenvalue weighted by Gasteiger charge is -2.56. The van der Waals surface area contributed by atoms with Crippen LogP contribution < -0.4 is 5.32 Å². The highest BCUT2D eigenvalue weighted by atomic mass is 19.1. The first-order valence-corrected chi connectivity index (χ1v) is 14.1. The Kier molecular flexibility index (Phi) is 5.72. The third-order valence-electron chi connectivity index (χ3n) is 9.42. The molecule has 4 saturated carbocycles. The molecular formula is C32H34FN5O. The van der Waals surface area contributed by atoms with Crippen LogP contribution in [0.3, 0.4) is 0 Å². The van der Waals surface area contributed by atoms with Gasteiger partial charge in [0.2, 0.25) is 0 Å². The number of amides is 1. The minimum absolute atomic E-state index is 0.0272. The maximum absolute atomic E-state index is 14.3. The molecule has 4 aliphatic rings. The van der Waals surface area contributed by atoms with Crippen molar-refractivity contribution in [2.75, 3.05) is 5.32 Å². The minimum atomic E-state index is -0.260. The van der Waals surface area contributed by atoms with Crippen molar-refractivity contribution in [3.63, 3.8) is 0 Å². The van der Waals surface area contributed by atoms with E-state index in [0.717, 1.165) is 54.1 Å². The lowest BCUT2D eigenvalue weighted by molar-refractivity contribution is -0.00765. The van der Waals surface area contributed by atoms with Crippen LogP contribution in [-0.2, 0) is 12.0 Å². The normalized spacial score (nSPS) is 25.3. The molecule has 2 aromatic heterocycles. The molecule has 8 rings (SSSR count). The van der Waals surface area contributed by atoms with E-state index in [9.17, 15) is 9.18 Å². The van der Waals surface area contributed by atoms with Gasteiger partial charge in [-0.3, -0.25) is 9.48 Å². The van der Waals surface area contributed by atoms with Gasteiger partial charge in [-0.15, -0.1) is 0 Å². The molecule has 2 heterocycles. The number of hydrogen-bond acceptors (Lipinski definition) is 3. The number of aromatic nitrogens is 4. The van der Waals surface area contributed by atoms with Gasteiger partial charge in [-0.05, 0) is 88.3 Å². The summed E-state index contributed by atoms with van der Waals surface area (Å²) in [5.74, 6) is 1.82. The van der Waals surface area contributed by atoms with Crippen molar-refractivity contribution in [2.24, 2.45) is 17.8 Å². The molecule has 0 saturated heterocycles. The molecule has 1 N–H and O–H groups in total. The van der Waals surface area contributed by atoms with Crippen LogP contribution in [0.25, 0.3) is 5.69 Å². The summed E-state index contributed by atoms with van der Waals surface area (Å²) in [4.78, 5) is 14.0. The molecular weight excluding hydrogens is 489 g/mol. The maximum atomic E-state index is 14.3. The number of nitrogens with zero attached hydrogens (tertiary/aromatic N) is 4. The minimum Gasteiger partial charge on any atom is -0.319 e. The predicted molar refractivity (Wildman–Crippen MR) is 149 cm³/mol. The topological polar surface area (TPSA) is 64.7 Å². The SMILES string of the molecule is Cc1nn(Cc2ccccc2F)c(C)c1NC(=O)c1cn(-c2ccccc2)nc1C12CC3CC(CC(C3)C1)C2. The van der Waals surface area contributed by atoms with Gasteiger partial charge in [0.15, 0.2) is 0 Å². The van der Waals surface area contributed by atoms with Crippen molar-refractivity contribution < 1.29 is 9.18 Å². The van der Waals surface area contributed by atoms with E-state index in [1.165, 1.54) is 25.3 Å². The molecule has 0 unspecified atom stereocenters. The molecule has 7 heteroatoms. The molecule has 0 radical (unpaired) electrons. The fourth-order valence-electron chi connectivity index (χ4n) is 8.05. The van der Waals surface area contributed by atoms with Crippen LogP contribution in [0.2, 0.25) is 0 Å². The lowest BCUT2D eigenvalue weighted by atomic mass is 9.48. The summed E-state index contributed by atoms with van der Waals surface area (Å²) in [5, 5.41) is 13.0. The van der Waals surface area contributed by atoms with Gasteiger partial charge in [0.1, 0.15) is 5.82 Å². The van der Waals surface area contributed by atoms with Crippen LogP contribution in [0.1, 0.15) is 71.5 Å². The largest absolute Gasteiger partial charge is 0.319 e. The number of nitrogens with one attached hydrogen (secondary N) is 1. The Bertz CT molecular complexity index is 1520. The van der Waals surface area contributed by atoms with Gasteiger partial charge in [-0.1, -0.05) is 36.4 Å². The van der Waals surface area contributed by atoms with E-state index in [1.54, 1.807) is 16.8 Å². The fourth-order valence-corrected chi connectivity index (χ4v) is 8.05. The summed E-state index contributed by atoms with van der Waals surface area (Å²) in [7, 11) is 0. The molecule has 200 valence electrons. The Balaban J connectivity index is 1.24. The number of aryl methyl sites for hydroxylation is 1. The van der Waals surface area contributed by atoms with Crippen LogP contribution in [0.15, 0.2) is 60.8 Å². The molecule has 1 amide bonds.